The molecule has 0 aliphatic carbocycles. The van der Waals surface area contributed by atoms with Crippen molar-refractivity contribution in [2.24, 2.45) is 0 Å². The zero-order valence-electron chi connectivity index (χ0n) is 11.1. The largest absolute Gasteiger partial charge is 0.467 e. The van der Waals surface area contributed by atoms with Crippen molar-refractivity contribution in [3.8, 4) is 0 Å². The van der Waals surface area contributed by atoms with E-state index in [1.54, 1.807) is 0 Å². The summed E-state index contributed by atoms with van der Waals surface area (Å²) in [6.07, 6.45) is -2.60. The Bertz CT molecular complexity index is 436. The highest BCUT2D eigenvalue weighted by Gasteiger charge is 2.47. The highest BCUT2D eigenvalue weighted by Crippen LogP contribution is 2.34. The smallest absolute Gasteiger partial charge is 0.337 e. The SMILES string of the molecule is COC(=O)C(O)C(O)[C@H]1CN1[C@H](C)c1ccccc1. The van der Waals surface area contributed by atoms with Crippen LogP contribution >= 0.6 is 0 Å². The summed E-state index contributed by atoms with van der Waals surface area (Å²) in [6.45, 7) is 2.69. The second-order valence-corrected chi connectivity index (χ2v) is 4.81. The van der Waals surface area contributed by atoms with Crippen molar-refractivity contribution < 1.29 is 19.7 Å². The van der Waals surface area contributed by atoms with Gasteiger partial charge in [0.2, 0.25) is 0 Å². The first kappa shape index (κ1) is 14.0. The number of esters is 1. The number of aliphatic hydroxyl groups is 2. The molecule has 2 rings (SSSR count). The lowest BCUT2D eigenvalue weighted by molar-refractivity contribution is -0.156. The Kier molecular flexibility index (Phi) is 4.19. The summed E-state index contributed by atoms with van der Waals surface area (Å²) in [7, 11) is 1.19. The number of nitrogens with zero attached hydrogens (tertiary/aromatic N) is 1. The molecule has 19 heavy (non-hydrogen) atoms. The van der Waals surface area contributed by atoms with Crippen molar-refractivity contribution in [3.05, 3.63) is 35.9 Å². The third kappa shape index (κ3) is 2.94. The van der Waals surface area contributed by atoms with Crippen molar-refractivity contribution in [2.75, 3.05) is 13.7 Å². The van der Waals surface area contributed by atoms with Gasteiger partial charge in [0, 0.05) is 12.6 Å². The minimum Gasteiger partial charge on any atom is -0.467 e. The third-order valence-electron chi connectivity index (χ3n) is 3.63. The average molecular weight is 265 g/mol. The summed E-state index contributed by atoms with van der Waals surface area (Å²) in [6, 6.07) is 9.85. The third-order valence-corrected chi connectivity index (χ3v) is 3.63. The second kappa shape index (κ2) is 5.69. The van der Waals surface area contributed by atoms with Crippen LogP contribution in [0.4, 0.5) is 0 Å². The average Bonchev–Trinajstić information content (AvgIpc) is 3.25. The molecule has 0 saturated carbocycles. The van der Waals surface area contributed by atoms with E-state index in [0.717, 1.165) is 5.56 Å². The predicted molar refractivity (Wildman–Crippen MR) is 69.4 cm³/mol. The van der Waals surface area contributed by atoms with Gasteiger partial charge < -0.3 is 14.9 Å². The van der Waals surface area contributed by atoms with E-state index in [2.05, 4.69) is 4.74 Å². The van der Waals surface area contributed by atoms with E-state index >= 15 is 0 Å². The Labute approximate surface area is 112 Å². The van der Waals surface area contributed by atoms with Crippen LogP contribution in [-0.4, -0.2) is 53.0 Å². The van der Waals surface area contributed by atoms with Gasteiger partial charge in [0.25, 0.3) is 0 Å². The van der Waals surface area contributed by atoms with Crippen LogP contribution in [0, 0.1) is 0 Å². The molecule has 5 nitrogen and oxygen atoms in total. The molecular weight excluding hydrogens is 246 g/mol. The number of ether oxygens (including phenoxy) is 1. The normalized spacial score (nSPS) is 26.3. The summed E-state index contributed by atoms with van der Waals surface area (Å²) >= 11 is 0. The summed E-state index contributed by atoms with van der Waals surface area (Å²) in [5.74, 6) is -0.799. The number of rotatable bonds is 5. The van der Waals surface area contributed by atoms with Crippen LogP contribution in [0.2, 0.25) is 0 Å². The molecule has 0 aromatic heterocycles. The Morgan fingerprint density at radius 1 is 1.37 bits per heavy atom. The molecular formula is C14H19NO4. The van der Waals surface area contributed by atoms with Gasteiger partial charge >= 0.3 is 5.97 Å². The number of hydrogen-bond acceptors (Lipinski definition) is 5. The summed E-state index contributed by atoms with van der Waals surface area (Å²) < 4.78 is 4.42. The van der Waals surface area contributed by atoms with E-state index in [1.807, 2.05) is 42.2 Å². The molecule has 0 amide bonds. The van der Waals surface area contributed by atoms with Crippen molar-refractivity contribution in [1.82, 2.24) is 4.90 Å². The molecule has 1 fully saturated rings. The number of carbonyl (C=O) groups is 1. The zero-order valence-corrected chi connectivity index (χ0v) is 11.1. The monoisotopic (exact) mass is 265 g/mol. The van der Waals surface area contributed by atoms with E-state index in [4.69, 9.17) is 0 Å². The van der Waals surface area contributed by atoms with Gasteiger partial charge in [0.05, 0.1) is 13.2 Å². The van der Waals surface area contributed by atoms with E-state index in [1.165, 1.54) is 7.11 Å². The molecule has 1 aromatic rings. The zero-order chi connectivity index (χ0) is 14.0. The summed E-state index contributed by atoms with van der Waals surface area (Å²) in [5, 5.41) is 19.5. The lowest BCUT2D eigenvalue weighted by Gasteiger charge is -2.19. The second-order valence-electron chi connectivity index (χ2n) is 4.81. The maximum Gasteiger partial charge on any atom is 0.337 e. The van der Waals surface area contributed by atoms with Gasteiger partial charge in [-0.25, -0.2) is 4.79 Å². The number of methoxy groups -OCH3 is 1. The lowest BCUT2D eigenvalue weighted by atomic mass is 10.1. The van der Waals surface area contributed by atoms with Crippen LogP contribution in [-0.2, 0) is 9.53 Å². The van der Waals surface area contributed by atoms with Gasteiger partial charge in [-0.1, -0.05) is 30.3 Å². The minimum atomic E-state index is -1.48. The fraction of sp³-hybridized carbons (Fsp3) is 0.500. The van der Waals surface area contributed by atoms with Gasteiger partial charge in [-0.15, -0.1) is 0 Å². The number of hydrogen-bond donors (Lipinski definition) is 2. The predicted octanol–water partition coefficient (Wildman–Crippen LogP) is 0.327. The highest BCUT2D eigenvalue weighted by atomic mass is 16.5. The standard InChI is InChI=1S/C14H19NO4/c1-9(10-6-4-3-5-7-10)15-8-11(15)12(16)13(17)14(18)19-2/h3-7,9,11-13,16-17H,8H2,1-2H3/t9-,11-,12?,13?,15?/m1/s1. The van der Waals surface area contributed by atoms with Crippen molar-refractivity contribution in [2.45, 2.75) is 31.2 Å². The van der Waals surface area contributed by atoms with Gasteiger partial charge in [-0.05, 0) is 12.5 Å². The van der Waals surface area contributed by atoms with Crippen LogP contribution < -0.4 is 0 Å². The first-order valence-electron chi connectivity index (χ1n) is 6.31. The fourth-order valence-electron chi connectivity index (χ4n) is 2.31. The Morgan fingerprint density at radius 3 is 2.58 bits per heavy atom. The van der Waals surface area contributed by atoms with E-state index in [0.29, 0.717) is 6.54 Å². The number of carbonyl (C=O) groups excluding carboxylic acids is 1. The molecule has 5 atom stereocenters. The van der Waals surface area contributed by atoms with Crippen LogP contribution in [0.25, 0.3) is 0 Å². The molecule has 1 aliphatic rings. The Balaban J connectivity index is 1.95. The van der Waals surface area contributed by atoms with E-state index in [9.17, 15) is 15.0 Å². The molecule has 1 heterocycles. The first-order chi connectivity index (χ1) is 9.06. The molecule has 104 valence electrons. The Hall–Kier alpha value is -1.43. The summed E-state index contributed by atoms with van der Waals surface area (Å²) in [5.41, 5.74) is 1.14. The lowest BCUT2D eigenvalue weighted by Crippen LogP contribution is -2.39. The van der Waals surface area contributed by atoms with Crippen molar-refractivity contribution >= 4 is 5.97 Å². The van der Waals surface area contributed by atoms with Gasteiger partial charge in [0.1, 0.15) is 6.10 Å². The number of aliphatic hydroxyl groups excluding tert-OH is 2. The molecule has 0 bridgehead atoms. The molecule has 1 aliphatic heterocycles. The fourth-order valence-corrected chi connectivity index (χ4v) is 2.31. The Morgan fingerprint density at radius 2 is 2.00 bits per heavy atom. The topological polar surface area (TPSA) is 69.8 Å². The van der Waals surface area contributed by atoms with Crippen LogP contribution in [0.5, 0.6) is 0 Å². The van der Waals surface area contributed by atoms with Crippen molar-refractivity contribution in [1.29, 1.82) is 0 Å². The van der Waals surface area contributed by atoms with E-state index in [-0.39, 0.29) is 12.1 Å². The summed E-state index contributed by atoms with van der Waals surface area (Å²) in [4.78, 5) is 13.2. The van der Waals surface area contributed by atoms with E-state index < -0.39 is 18.2 Å². The van der Waals surface area contributed by atoms with Crippen LogP contribution in [0.1, 0.15) is 18.5 Å². The molecule has 1 aromatic carbocycles. The highest BCUT2D eigenvalue weighted by molar-refractivity contribution is 5.75. The molecule has 2 N–H and O–H groups in total. The molecule has 3 unspecified atom stereocenters. The number of benzene rings is 1. The van der Waals surface area contributed by atoms with Crippen LogP contribution in [0.15, 0.2) is 30.3 Å². The van der Waals surface area contributed by atoms with Crippen molar-refractivity contribution in [3.63, 3.8) is 0 Å². The van der Waals surface area contributed by atoms with Crippen LogP contribution in [0.3, 0.4) is 0 Å². The van der Waals surface area contributed by atoms with Gasteiger partial charge in [-0.3, -0.25) is 4.90 Å². The first-order valence-corrected chi connectivity index (χ1v) is 6.31. The molecule has 1 saturated heterocycles. The molecule has 0 spiro atoms. The maximum atomic E-state index is 11.2. The maximum absolute atomic E-state index is 11.2. The quantitative estimate of drug-likeness (QED) is 0.593. The molecule has 0 radical (unpaired) electrons. The molecule has 5 heteroatoms. The van der Waals surface area contributed by atoms with Gasteiger partial charge in [-0.2, -0.15) is 0 Å². The van der Waals surface area contributed by atoms with Gasteiger partial charge in [0.15, 0.2) is 6.10 Å². The minimum absolute atomic E-state index is 0.144.